The Morgan fingerprint density at radius 1 is 1.21 bits per heavy atom. The third kappa shape index (κ3) is 3.94. The molecule has 3 amide bonds. The largest absolute Gasteiger partial charge is 0.370 e. The van der Waals surface area contributed by atoms with E-state index in [0.29, 0.717) is 19.6 Å². The molecule has 1 spiro atoms. The number of fused-ring (bicyclic) bond motifs is 1. The molecule has 148 valence electrons. The normalized spacial score (nSPS) is 21.0. The quantitative estimate of drug-likeness (QED) is 0.855. The summed E-state index contributed by atoms with van der Waals surface area (Å²) < 4.78 is 6.26. The molecule has 2 aromatic rings. The highest BCUT2D eigenvalue weighted by Gasteiger charge is 2.43. The number of hydrogen-bond donors (Lipinski definition) is 2. The van der Waals surface area contributed by atoms with Gasteiger partial charge in [0.1, 0.15) is 0 Å². The van der Waals surface area contributed by atoms with Crippen molar-refractivity contribution in [1.82, 2.24) is 15.2 Å². The minimum absolute atomic E-state index is 0.0287. The smallest absolute Gasteiger partial charge is 0.321 e. The fourth-order valence-corrected chi connectivity index (χ4v) is 4.18. The van der Waals surface area contributed by atoms with Crippen molar-refractivity contribution in [2.45, 2.75) is 44.3 Å². The lowest BCUT2D eigenvalue weighted by atomic mass is 9.88. The number of carbonyl (C=O) groups is 2. The van der Waals surface area contributed by atoms with E-state index in [4.69, 9.17) is 4.74 Å². The number of nitrogens with zero attached hydrogens (tertiary/aromatic N) is 2. The molecule has 0 bridgehead atoms. The molecule has 2 aliphatic rings. The average molecular weight is 382 g/mol. The molecule has 1 aromatic carbocycles. The van der Waals surface area contributed by atoms with Crippen LogP contribution in [0.2, 0.25) is 0 Å². The van der Waals surface area contributed by atoms with Crippen LogP contribution in [0.1, 0.15) is 32.6 Å². The summed E-state index contributed by atoms with van der Waals surface area (Å²) in [6, 6.07) is 9.56. The van der Waals surface area contributed by atoms with Crippen molar-refractivity contribution in [3.63, 3.8) is 0 Å². The molecule has 28 heavy (non-hydrogen) atoms. The molecule has 1 unspecified atom stereocenters. The van der Waals surface area contributed by atoms with Gasteiger partial charge in [0.25, 0.3) is 0 Å². The van der Waals surface area contributed by atoms with Gasteiger partial charge in [0.15, 0.2) is 0 Å². The fraction of sp³-hybridized carbons (Fsp3) is 0.476. The van der Waals surface area contributed by atoms with Crippen LogP contribution in [0.5, 0.6) is 0 Å². The maximum absolute atomic E-state index is 12.8. The van der Waals surface area contributed by atoms with Crippen LogP contribution in [0.3, 0.4) is 0 Å². The summed E-state index contributed by atoms with van der Waals surface area (Å²) in [6.45, 7) is 3.41. The van der Waals surface area contributed by atoms with Gasteiger partial charge < -0.3 is 20.3 Å². The molecule has 7 heteroatoms. The second-order valence-corrected chi connectivity index (χ2v) is 7.70. The molecule has 2 fully saturated rings. The van der Waals surface area contributed by atoms with Crippen LogP contribution in [0.25, 0.3) is 10.9 Å². The van der Waals surface area contributed by atoms with Gasteiger partial charge in [-0.25, -0.2) is 4.79 Å². The van der Waals surface area contributed by atoms with Crippen LogP contribution in [0.15, 0.2) is 36.5 Å². The monoisotopic (exact) mass is 382 g/mol. The van der Waals surface area contributed by atoms with Crippen LogP contribution in [0.4, 0.5) is 10.5 Å². The number of anilines is 1. The molecule has 1 atom stereocenters. The second-order valence-electron chi connectivity index (χ2n) is 7.70. The Morgan fingerprint density at radius 2 is 2.00 bits per heavy atom. The molecular weight excluding hydrogens is 356 g/mol. The molecule has 1 aromatic heterocycles. The van der Waals surface area contributed by atoms with E-state index in [1.165, 1.54) is 6.92 Å². The molecule has 4 rings (SSSR count). The number of nitrogens with one attached hydrogen (secondary N) is 2. The number of urea groups is 1. The van der Waals surface area contributed by atoms with Crippen LogP contribution in [0, 0.1) is 0 Å². The molecule has 0 saturated carbocycles. The lowest BCUT2D eigenvalue weighted by Gasteiger charge is -2.39. The summed E-state index contributed by atoms with van der Waals surface area (Å²) in [6.07, 6.45) is 5.40. The number of carbonyl (C=O) groups excluding carboxylic acids is 2. The Hall–Kier alpha value is -2.67. The summed E-state index contributed by atoms with van der Waals surface area (Å²) in [5, 5.41) is 6.85. The highest BCUT2D eigenvalue weighted by Crippen LogP contribution is 2.38. The Kier molecular flexibility index (Phi) is 5.17. The van der Waals surface area contributed by atoms with Gasteiger partial charge in [-0.15, -0.1) is 0 Å². The van der Waals surface area contributed by atoms with E-state index in [0.717, 1.165) is 42.3 Å². The van der Waals surface area contributed by atoms with Crippen LogP contribution in [-0.4, -0.2) is 53.2 Å². The number of rotatable bonds is 3. The third-order valence-corrected chi connectivity index (χ3v) is 5.75. The van der Waals surface area contributed by atoms with Crippen molar-refractivity contribution >= 4 is 28.5 Å². The van der Waals surface area contributed by atoms with Gasteiger partial charge in [-0.3, -0.25) is 9.78 Å². The topological polar surface area (TPSA) is 83.6 Å². The SMILES string of the molecule is CC(=O)NCC1CCC2(CCN(C(=O)Nc3cccc4cccnc34)CC2)O1. The second kappa shape index (κ2) is 7.75. The van der Waals surface area contributed by atoms with Gasteiger partial charge in [0.05, 0.1) is 22.9 Å². The van der Waals surface area contributed by atoms with E-state index >= 15 is 0 Å². The fourth-order valence-electron chi connectivity index (χ4n) is 4.18. The van der Waals surface area contributed by atoms with Gasteiger partial charge >= 0.3 is 6.03 Å². The summed E-state index contributed by atoms with van der Waals surface area (Å²) in [5.74, 6) is -0.0287. The van der Waals surface area contributed by atoms with Crippen molar-refractivity contribution in [3.8, 4) is 0 Å². The lowest BCUT2D eigenvalue weighted by Crippen LogP contribution is -2.48. The van der Waals surface area contributed by atoms with E-state index < -0.39 is 0 Å². The Labute approximate surface area is 164 Å². The predicted octanol–water partition coefficient (Wildman–Crippen LogP) is 2.92. The zero-order valence-corrected chi connectivity index (χ0v) is 16.1. The van der Waals surface area contributed by atoms with Gasteiger partial charge in [0.2, 0.25) is 5.91 Å². The molecule has 7 nitrogen and oxygen atoms in total. The summed E-state index contributed by atoms with van der Waals surface area (Å²) >= 11 is 0. The first kappa shape index (κ1) is 18.7. The van der Waals surface area contributed by atoms with Gasteiger partial charge in [0, 0.05) is 38.1 Å². The highest BCUT2D eigenvalue weighted by atomic mass is 16.5. The number of likely N-dealkylation sites (tertiary alicyclic amines) is 1. The number of pyridine rings is 1. The number of para-hydroxylation sites is 1. The van der Waals surface area contributed by atoms with Crippen molar-refractivity contribution in [3.05, 3.63) is 36.5 Å². The molecule has 0 radical (unpaired) electrons. The van der Waals surface area contributed by atoms with Gasteiger partial charge in [-0.2, -0.15) is 0 Å². The minimum Gasteiger partial charge on any atom is -0.370 e. The molecule has 2 saturated heterocycles. The van der Waals surface area contributed by atoms with E-state index in [1.807, 2.05) is 35.2 Å². The third-order valence-electron chi connectivity index (χ3n) is 5.75. The van der Waals surface area contributed by atoms with Crippen LogP contribution in [-0.2, 0) is 9.53 Å². The van der Waals surface area contributed by atoms with E-state index in [2.05, 4.69) is 15.6 Å². The lowest BCUT2D eigenvalue weighted by molar-refractivity contribution is -0.120. The van der Waals surface area contributed by atoms with E-state index in [9.17, 15) is 9.59 Å². The Bertz CT molecular complexity index is 872. The first-order valence-corrected chi connectivity index (χ1v) is 9.87. The van der Waals surface area contributed by atoms with E-state index in [1.54, 1.807) is 6.20 Å². The maximum Gasteiger partial charge on any atom is 0.321 e. The van der Waals surface area contributed by atoms with Crippen molar-refractivity contribution in [1.29, 1.82) is 0 Å². The number of aromatic nitrogens is 1. The molecule has 0 aliphatic carbocycles. The summed E-state index contributed by atoms with van der Waals surface area (Å²) in [4.78, 5) is 30.1. The maximum atomic E-state index is 12.8. The number of piperidine rings is 1. The molecule has 2 N–H and O–H groups in total. The zero-order valence-electron chi connectivity index (χ0n) is 16.1. The molecule has 2 aliphatic heterocycles. The Morgan fingerprint density at radius 3 is 2.79 bits per heavy atom. The van der Waals surface area contributed by atoms with Crippen molar-refractivity contribution in [2.75, 3.05) is 25.0 Å². The zero-order chi connectivity index (χ0) is 19.6. The van der Waals surface area contributed by atoms with E-state index in [-0.39, 0.29) is 23.6 Å². The van der Waals surface area contributed by atoms with Crippen molar-refractivity contribution < 1.29 is 14.3 Å². The van der Waals surface area contributed by atoms with Crippen molar-refractivity contribution in [2.24, 2.45) is 0 Å². The number of ether oxygens (including phenoxy) is 1. The highest BCUT2D eigenvalue weighted by molar-refractivity contribution is 5.99. The first-order valence-electron chi connectivity index (χ1n) is 9.87. The number of amides is 3. The standard InChI is InChI=1S/C21H26N4O3/c1-15(26)23-14-17-7-8-21(28-17)9-12-25(13-10-21)20(27)24-18-6-2-4-16-5-3-11-22-19(16)18/h2-6,11,17H,7-10,12-14H2,1H3,(H,23,26)(H,24,27). The minimum atomic E-state index is -0.152. The van der Waals surface area contributed by atoms with Gasteiger partial charge in [-0.05, 0) is 37.8 Å². The Balaban J connectivity index is 1.34. The van der Waals surface area contributed by atoms with Crippen LogP contribution >= 0.6 is 0 Å². The molecular formula is C21H26N4O3. The number of benzene rings is 1. The molecule has 3 heterocycles. The van der Waals surface area contributed by atoms with Gasteiger partial charge in [-0.1, -0.05) is 18.2 Å². The van der Waals surface area contributed by atoms with Crippen LogP contribution < -0.4 is 10.6 Å². The number of hydrogen-bond acceptors (Lipinski definition) is 4. The predicted molar refractivity (Wildman–Crippen MR) is 107 cm³/mol. The first-order chi connectivity index (χ1) is 13.5. The average Bonchev–Trinajstić information content (AvgIpc) is 3.10. The summed E-state index contributed by atoms with van der Waals surface area (Å²) in [7, 11) is 0. The summed E-state index contributed by atoms with van der Waals surface area (Å²) in [5.41, 5.74) is 1.38.